The maximum atomic E-state index is 14.1. The van der Waals surface area contributed by atoms with Crippen LogP contribution in [0.15, 0.2) is 18.2 Å². The Morgan fingerprint density at radius 2 is 1.76 bits per heavy atom. The van der Waals surface area contributed by atoms with Gasteiger partial charge in [-0.2, -0.15) is 5.10 Å². The van der Waals surface area contributed by atoms with Gasteiger partial charge in [-0.05, 0) is 51.2 Å². The summed E-state index contributed by atoms with van der Waals surface area (Å²) in [5.74, 6) is -3.05. The van der Waals surface area contributed by atoms with Crippen molar-refractivity contribution in [1.82, 2.24) is 25.3 Å². The molecule has 9 nitrogen and oxygen atoms in total. The standard InChI is InChI=1S/C26H35F2N5O4/c1-25(2,3)21(23(35)29-7)30-22(34)20-16-14-32(24(36)37-26(4,5)6)12-8-9-19(16)33(31-20)15-10-11-17(27)18(28)13-15/h10-11,13,21H,8-9,12,14H2,1-7H3,(H,29,35)(H,30,34). The van der Waals surface area contributed by atoms with E-state index in [4.69, 9.17) is 4.74 Å². The molecular weight excluding hydrogens is 484 g/mol. The number of hydrogen-bond donors (Lipinski definition) is 2. The highest BCUT2D eigenvalue weighted by Crippen LogP contribution is 2.28. The Labute approximate surface area is 215 Å². The molecule has 0 spiro atoms. The number of likely N-dealkylation sites (N-methyl/N-ethyl adjacent to an activating group) is 1. The van der Waals surface area contributed by atoms with Crippen molar-refractivity contribution >= 4 is 17.9 Å². The minimum atomic E-state index is -1.05. The third-order valence-electron chi connectivity index (χ3n) is 5.95. The van der Waals surface area contributed by atoms with Crippen LogP contribution >= 0.6 is 0 Å². The predicted octanol–water partition coefficient (Wildman–Crippen LogP) is 3.72. The Hall–Kier alpha value is -3.50. The van der Waals surface area contributed by atoms with Crippen molar-refractivity contribution in [3.63, 3.8) is 0 Å². The van der Waals surface area contributed by atoms with Gasteiger partial charge in [0.1, 0.15) is 11.6 Å². The lowest BCUT2D eigenvalue weighted by molar-refractivity contribution is -0.124. The molecule has 1 aliphatic rings. The summed E-state index contributed by atoms with van der Waals surface area (Å²) in [5, 5.41) is 9.80. The van der Waals surface area contributed by atoms with Gasteiger partial charge >= 0.3 is 6.09 Å². The van der Waals surface area contributed by atoms with Crippen LogP contribution in [0.5, 0.6) is 0 Å². The zero-order valence-electron chi connectivity index (χ0n) is 22.4. The minimum Gasteiger partial charge on any atom is -0.444 e. The number of hydrogen-bond acceptors (Lipinski definition) is 5. The van der Waals surface area contributed by atoms with Crippen molar-refractivity contribution in [3.05, 3.63) is 46.8 Å². The number of carbonyl (C=O) groups excluding carboxylic acids is 3. The molecule has 3 amide bonds. The molecule has 2 heterocycles. The highest BCUT2D eigenvalue weighted by atomic mass is 19.2. The number of carbonyl (C=O) groups is 3. The molecule has 1 aliphatic heterocycles. The smallest absolute Gasteiger partial charge is 0.410 e. The van der Waals surface area contributed by atoms with Gasteiger partial charge in [-0.3, -0.25) is 9.59 Å². The average Bonchev–Trinajstić information content (AvgIpc) is 2.99. The van der Waals surface area contributed by atoms with Gasteiger partial charge < -0.3 is 20.3 Å². The van der Waals surface area contributed by atoms with Crippen LogP contribution < -0.4 is 10.6 Å². The molecule has 11 heteroatoms. The highest BCUT2D eigenvalue weighted by molar-refractivity contribution is 5.97. The Balaban J connectivity index is 2.10. The molecule has 3 rings (SSSR count). The first-order valence-corrected chi connectivity index (χ1v) is 12.2. The van der Waals surface area contributed by atoms with Gasteiger partial charge in [0.25, 0.3) is 5.91 Å². The van der Waals surface area contributed by atoms with E-state index in [9.17, 15) is 23.2 Å². The Morgan fingerprint density at radius 1 is 1.08 bits per heavy atom. The molecule has 0 fully saturated rings. The summed E-state index contributed by atoms with van der Waals surface area (Å²) in [6.45, 7) is 11.1. The molecular formula is C26H35F2N5O4. The lowest BCUT2D eigenvalue weighted by Gasteiger charge is -2.30. The highest BCUT2D eigenvalue weighted by Gasteiger charge is 2.36. The maximum absolute atomic E-state index is 14.1. The molecule has 1 unspecified atom stereocenters. The molecule has 37 heavy (non-hydrogen) atoms. The van der Waals surface area contributed by atoms with E-state index < -0.39 is 40.7 Å². The zero-order valence-corrected chi connectivity index (χ0v) is 22.4. The van der Waals surface area contributed by atoms with Gasteiger partial charge in [-0.25, -0.2) is 18.3 Å². The first-order valence-electron chi connectivity index (χ1n) is 12.2. The molecule has 0 saturated carbocycles. The quantitative estimate of drug-likeness (QED) is 0.641. The number of nitrogens with zero attached hydrogens (tertiary/aromatic N) is 3. The first kappa shape index (κ1) is 28.1. The number of nitrogens with one attached hydrogen (secondary N) is 2. The minimum absolute atomic E-state index is 0.00616. The fourth-order valence-corrected chi connectivity index (χ4v) is 4.13. The van der Waals surface area contributed by atoms with Crippen LogP contribution in [0.1, 0.15) is 69.7 Å². The van der Waals surface area contributed by atoms with Crippen molar-refractivity contribution in [2.75, 3.05) is 13.6 Å². The molecule has 0 radical (unpaired) electrons. The normalized spacial score (nSPS) is 14.9. The Kier molecular flexibility index (Phi) is 7.94. The number of ether oxygens (including phenoxy) is 1. The first-order chi connectivity index (χ1) is 17.1. The van der Waals surface area contributed by atoms with E-state index in [1.807, 2.05) is 20.8 Å². The number of aromatic nitrogens is 2. The zero-order chi connectivity index (χ0) is 27.7. The van der Waals surface area contributed by atoms with Gasteiger partial charge in [0, 0.05) is 25.2 Å². The van der Waals surface area contributed by atoms with E-state index in [1.54, 1.807) is 20.8 Å². The lowest BCUT2D eigenvalue weighted by Crippen LogP contribution is -2.53. The van der Waals surface area contributed by atoms with Crippen LogP contribution in [-0.2, 0) is 22.5 Å². The van der Waals surface area contributed by atoms with Crippen LogP contribution in [0.2, 0.25) is 0 Å². The number of rotatable bonds is 4. The molecule has 1 aromatic carbocycles. The van der Waals surface area contributed by atoms with Crippen molar-refractivity contribution in [1.29, 1.82) is 0 Å². The summed E-state index contributed by atoms with van der Waals surface area (Å²) in [6.07, 6.45) is 0.419. The molecule has 1 atom stereocenters. The maximum Gasteiger partial charge on any atom is 0.410 e. The lowest BCUT2D eigenvalue weighted by atomic mass is 9.86. The fraction of sp³-hybridized carbons (Fsp3) is 0.538. The summed E-state index contributed by atoms with van der Waals surface area (Å²) >= 11 is 0. The third-order valence-corrected chi connectivity index (χ3v) is 5.95. The van der Waals surface area contributed by atoms with Gasteiger partial charge in [-0.15, -0.1) is 0 Å². The van der Waals surface area contributed by atoms with Gasteiger partial charge in [-0.1, -0.05) is 20.8 Å². The number of halogens is 2. The van der Waals surface area contributed by atoms with Crippen LogP contribution in [0.3, 0.4) is 0 Å². The third kappa shape index (κ3) is 6.44. The second kappa shape index (κ2) is 10.5. The summed E-state index contributed by atoms with van der Waals surface area (Å²) in [7, 11) is 1.48. The van der Waals surface area contributed by atoms with E-state index in [0.29, 0.717) is 30.6 Å². The van der Waals surface area contributed by atoms with Gasteiger partial charge in [0.05, 0.1) is 17.9 Å². The predicted molar refractivity (Wildman–Crippen MR) is 133 cm³/mol. The van der Waals surface area contributed by atoms with Crippen LogP contribution in [0.25, 0.3) is 5.69 Å². The van der Waals surface area contributed by atoms with Crippen molar-refractivity contribution < 1.29 is 27.9 Å². The molecule has 1 aromatic heterocycles. The van der Waals surface area contributed by atoms with E-state index in [0.717, 1.165) is 12.1 Å². The molecule has 2 aromatic rings. The molecule has 0 aliphatic carbocycles. The monoisotopic (exact) mass is 519 g/mol. The van der Waals surface area contributed by atoms with Crippen molar-refractivity contribution in [2.45, 2.75) is 72.6 Å². The van der Waals surface area contributed by atoms with E-state index in [1.165, 1.54) is 22.7 Å². The summed E-state index contributed by atoms with van der Waals surface area (Å²) in [4.78, 5) is 40.5. The van der Waals surface area contributed by atoms with Crippen LogP contribution in [0, 0.1) is 17.0 Å². The van der Waals surface area contributed by atoms with Gasteiger partial charge in [0.2, 0.25) is 5.91 Å². The molecule has 202 valence electrons. The Morgan fingerprint density at radius 3 is 2.32 bits per heavy atom. The second-order valence-corrected chi connectivity index (χ2v) is 11.2. The van der Waals surface area contributed by atoms with Crippen LogP contribution in [0.4, 0.5) is 13.6 Å². The molecule has 2 N–H and O–H groups in total. The van der Waals surface area contributed by atoms with E-state index in [-0.39, 0.29) is 23.8 Å². The van der Waals surface area contributed by atoms with Gasteiger partial charge in [0.15, 0.2) is 17.3 Å². The fourth-order valence-electron chi connectivity index (χ4n) is 4.13. The summed E-state index contributed by atoms with van der Waals surface area (Å²) in [6, 6.07) is 2.49. The number of benzene rings is 1. The van der Waals surface area contributed by atoms with Crippen molar-refractivity contribution in [3.8, 4) is 5.69 Å². The summed E-state index contributed by atoms with van der Waals surface area (Å²) in [5.41, 5.74) is -0.0512. The SMILES string of the molecule is CNC(=O)C(NC(=O)c1nn(-c2ccc(F)c(F)c2)c2c1CN(C(=O)OC(C)(C)C)CCC2)C(C)(C)C. The van der Waals surface area contributed by atoms with E-state index >= 15 is 0 Å². The molecule has 0 bridgehead atoms. The topological polar surface area (TPSA) is 106 Å². The average molecular weight is 520 g/mol. The number of amides is 3. The Bertz CT molecular complexity index is 1200. The molecule has 0 saturated heterocycles. The summed E-state index contributed by atoms with van der Waals surface area (Å²) < 4.78 is 34.7. The van der Waals surface area contributed by atoms with Crippen molar-refractivity contribution in [2.24, 2.45) is 5.41 Å². The largest absolute Gasteiger partial charge is 0.444 e. The van der Waals surface area contributed by atoms with E-state index in [2.05, 4.69) is 15.7 Å². The second-order valence-electron chi connectivity index (χ2n) is 11.2. The number of fused-ring (bicyclic) bond motifs is 1. The van der Waals surface area contributed by atoms with Crippen LogP contribution in [-0.4, -0.2) is 57.8 Å².